The normalized spacial score (nSPS) is 16.2. The fourth-order valence-electron chi connectivity index (χ4n) is 1.69. The van der Waals surface area contributed by atoms with Gasteiger partial charge in [0.15, 0.2) is 0 Å². The Morgan fingerprint density at radius 1 is 1.17 bits per heavy atom. The molecule has 6 heteroatoms. The first-order valence-corrected chi connectivity index (χ1v) is 6.41. The minimum atomic E-state index is 0.273. The fourth-order valence-corrected chi connectivity index (χ4v) is 1.69. The molecule has 0 spiro atoms. The van der Waals surface area contributed by atoms with E-state index in [1.807, 2.05) is 19.0 Å². The molecule has 2 rings (SSSR count). The third-order valence-corrected chi connectivity index (χ3v) is 2.77. The predicted octanol–water partition coefficient (Wildman–Crippen LogP) is 1.59. The molecule has 1 aromatic heterocycles. The molecule has 0 unspecified atom stereocenters. The summed E-state index contributed by atoms with van der Waals surface area (Å²) in [7, 11) is 3.86. The summed E-state index contributed by atoms with van der Waals surface area (Å²) < 4.78 is 0. The van der Waals surface area contributed by atoms with E-state index in [4.69, 9.17) is 4.84 Å². The number of rotatable bonds is 3. The lowest BCUT2D eigenvalue weighted by molar-refractivity contribution is 0.0741. The molecule has 6 nitrogen and oxygen atoms in total. The van der Waals surface area contributed by atoms with Crippen molar-refractivity contribution in [3.63, 3.8) is 0 Å². The van der Waals surface area contributed by atoms with Gasteiger partial charge in [0, 0.05) is 26.6 Å². The van der Waals surface area contributed by atoms with Crippen LogP contribution in [0.2, 0.25) is 0 Å². The van der Waals surface area contributed by atoms with E-state index in [-0.39, 0.29) is 5.92 Å². The Kier molecular flexibility index (Phi) is 3.96. The summed E-state index contributed by atoms with van der Waals surface area (Å²) in [4.78, 5) is 20.9. The first kappa shape index (κ1) is 13.0. The molecule has 0 bridgehead atoms. The summed E-state index contributed by atoms with van der Waals surface area (Å²) in [6.45, 7) is 5.74. The Morgan fingerprint density at radius 2 is 1.94 bits per heavy atom. The maximum atomic E-state index is 5.60. The topological polar surface area (TPSA) is 54.4 Å². The van der Waals surface area contributed by atoms with Crippen molar-refractivity contribution in [3.8, 4) is 0 Å². The summed E-state index contributed by atoms with van der Waals surface area (Å²) in [6.07, 6.45) is 2.21. The predicted molar refractivity (Wildman–Crippen MR) is 70.8 cm³/mol. The highest BCUT2D eigenvalue weighted by atomic mass is 16.7. The lowest BCUT2D eigenvalue weighted by Gasteiger charge is -2.26. The summed E-state index contributed by atoms with van der Waals surface area (Å²) >= 11 is 0. The van der Waals surface area contributed by atoms with Crippen LogP contribution in [0.4, 0.5) is 11.9 Å². The molecule has 0 amide bonds. The van der Waals surface area contributed by atoms with Crippen LogP contribution in [0.15, 0.2) is 0 Å². The van der Waals surface area contributed by atoms with Crippen molar-refractivity contribution in [1.82, 2.24) is 15.0 Å². The van der Waals surface area contributed by atoms with Gasteiger partial charge in [-0.15, -0.1) is 0 Å². The van der Waals surface area contributed by atoms with Gasteiger partial charge < -0.3 is 4.90 Å². The zero-order valence-electron chi connectivity index (χ0n) is 11.6. The Bertz CT molecular complexity index is 375. The zero-order chi connectivity index (χ0) is 13.1. The van der Waals surface area contributed by atoms with Crippen LogP contribution in [0.1, 0.15) is 38.4 Å². The Labute approximate surface area is 108 Å². The van der Waals surface area contributed by atoms with Gasteiger partial charge >= 0.3 is 0 Å². The molecule has 0 atom stereocenters. The monoisotopic (exact) mass is 251 g/mol. The lowest BCUT2D eigenvalue weighted by atomic mass is 10.2. The molecule has 1 aliphatic rings. The maximum absolute atomic E-state index is 5.60. The van der Waals surface area contributed by atoms with Gasteiger partial charge in [-0.05, 0) is 12.8 Å². The lowest BCUT2D eigenvalue weighted by Crippen LogP contribution is -2.32. The second-order valence-corrected chi connectivity index (χ2v) is 4.99. The van der Waals surface area contributed by atoms with Gasteiger partial charge in [-0.3, -0.25) is 4.84 Å². The van der Waals surface area contributed by atoms with Crippen molar-refractivity contribution in [1.29, 1.82) is 0 Å². The van der Waals surface area contributed by atoms with Crippen LogP contribution in [-0.4, -0.2) is 42.2 Å². The first-order valence-electron chi connectivity index (χ1n) is 6.41. The number of hydroxylamine groups is 1. The number of nitrogens with zero attached hydrogens (tertiary/aromatic N) is 5. The van der Waals surface area contributed by atoms with E-state index in [1.165, 1.54) is 0 Å². The second kappa shape index (κ2) is 5.48. The van der Waals surface area contributed by atoms with Gasteiger partial charge in [0.05, 0.1) is 6.61 Å². The summed E-state index contributed by atoms with van der Waals surface area (Å²) in [5.74, 6) is 2.38. The largest absolute Gasteiger partial charge is 0.347 e. The van der Waals surface area contributed by atoms with Crippen molar-refractivity contribution in [3.05, 3.63) is 5.82 Å². The number of hydrogen-bond donors (Lipinski definition) is 0. The average molecular weight is 251 g/mol. The minimum absolute atomic E-state index is 0.273. The summed E-state index contributed by atoms with van der Waals surface area (Å²) in [5.41, 5.74) is 0. The van der Waals surface area contributed by atoms with Crippen molar-refractivity contribution in [2.45, 2.75) is 32.6 Å². The Morgan fingerprint density at radius 3 is 2.50 bits per heavy atom. The number of anilines is 2. The van der Waals surface area contributed by atoms with Gasteiger partial charge in [-0.25, -0.2) is 5.06 Å². The summed E-state index contributed by atoms with van der Waals surface area (Å²) in [6, 6.07) is 0. The van der Waals surface area contributed by atoms with Gasteiger partial charge in [0.1, 0.15) is 5.82 Å². The van der Waals surface area contributed by atoms with Gasteiger partial charge in [-0.2, -0.15) is 15.0 Å². The first-order chi connectivity index (χ1) is 8.58. The number of aromatic nitrogens is 3. The van der Waals surface area contributed by atoms with E-state index < -0.39 is 0 Å². The van der Waals surface area contributed by atoms with Crippen LogP contribution in [0.25, 0.3) is 0 Å². The molecule has 1 aliphatic heterocycles. The van der Waals surface area contributed by atoms with Crippen LogP contribution in [0, 0.1) is 0 Å². The van der Waals surface area contributed by atoms with E-state index in [0.29, 0.717) is 11.9 Å². The zero-order valence-corrected chi connectivity index (χ0v) is 11.6. The number of hydrogen-bond acceptors (Lipinski definition) is 6. The molecule has 1 saturated heterocycles. The standard InChI is InChI=1S/C12H21N5O/c1-9(2)10-13-11(16(3)4)15-12(14-10)17-7-5-6-8-18-17/h9H,5-8H2,1-4H3. The van der Waals surface area contributed by atoms with Crippen LogP contribution >= 0.6 is 0 Å². The highest BCUT2D eigenvalue weighted by Gasteiger charge is 2.18. The van der Waals surface area contributed by atoms with Gasteiger partial charge in [-0.1, -0.05) is 13.8 Å². The van der Waals surface area contributed by atoms with Gasteiger partial charge in [0.25, 0.3) is 5.95 Å². The van der Waals surface area contributed by atoms with E-state index in [1.54, 1.807) is 5.06 Å². The molecule has 1 fully saturated rings. The van der Waals surface area contributed by atoms with Crippen molar-refractivity contribution in [2.24, 2.45) is 0 Å². The highest BCUT2D eigenvalue weighted by molar-refractivity contribution is 5.36. The molecule has 18 heavy (non-hydrogen) atoms. The van der Waals surface area contributed by atoms with Crippen LogP contribution < -0.4 is 9.96 Å². The molecule has 100 valence electrons. The van der Waals surface area contributed by atoms with E-state index in [2.05, 4.69) is 28.8 Å². The smallest absolute Gasteiger partial charge is 0.254 e. The molecule has 0 aromatic carbocycles. The molecule has 1 aromatic rings. The van der Waals surface area contributed by atoms with Crippen LogP contribution in [0.3, 0.4) is 0 Å². The maximum Gasteiger partial charge on any atom is 0.254 e. The van der Waals surface area contributed by atoms with E-state index in [9.17, 15) is 0 Å². The second-order valence-electron chi connectivity index (χ2n) is 4.99. The molecule has 0 N–H and O–H groups in total. The third kappa shape index (κ3) is 2.87. The van der Waals surface area contributed by atoms with Crippen LogP contribution in [0.5, 0.6) is 0 Å². The summed E-state index contributed by atoms with van der Waals surface area (Å²) in [5, 5.41) is 1.78. The third-order valence-electron chi connectivity index (χ3n) is 2.77. The Balaban J connectivity index is 2.32. The molecule has 0 saturated carbocycles. The SMILES string of the molecule is CC(C)c1nc(N(C)C)nc(N2CCCCO2)n1. The molecule has 2 heterocycles. The Hall–Kier alpha value is -1.43. The molecular formula is C12H21N5O. The van der Waals surface area contributed by atoms with Crippen LogP contribution in [-0.2, 0) is 4.84 Å². The van der Waals surface area contributed by atoms with Crippen molar-refractivity contribution in [2.75, 3.05) is 37.2 Å². The van der Waals surface area contributed by atoms with Crippen molar-refractivity contribution >= 4 is 11.9 Å². The quantitative estimate of drug-likeness (QED) is 0.813. The molecular weight excluding hydrogens is 230 g/mol. The van der Waals surface area contributed by atoms with E-state index in [0.717, 1.165) is 31.8 Å². The highest BCUT2D eigenvalue weighted by Crippen LogP contribution is 2.19. The van der Waals surface area contributed by atoms with E-state index >= 15 is 0 Å². The molecule has 0 radical (unpaired) electrons. The van der Waals surface area contributed by atoms with Gasteiger partial charge in [0.2, 0.25) is 5.95 Å². The molecule has 0 aliphatic carbocycles. The minimum Gasteiger partial charge on any atom is -0.347 e. The average Bonchev–Trinajstić information content (AvgIpc) is 2.39. The van der Waals surface area contributed by atoms with Crippen molar-refractivity contribution < 1.29 is 4.84 Å². The fraction of sp³-hybridized carbons (Fsp3) is 0.750.